The normalized spacial score (nSPS) is 17.3. The minimum absolute atomic E-state index is 0.0487. The van der Waals surface area contributed by atoms with Gasteiger partial charge in [0.25, 0.3) is 0 Å². The lowest BCUT2D eigenvalue weighted by Gasteiger charge is -2.28. The van der Waals surface area contributed by atoms with Crippen LogP contribution in [0.3, 0.4) is 0 Å². The van der Waals surface area contributed by atoms with Crippen LogP contribution in [0, 0.1) is 18.6 Å². The number of halogens is 3. The summed E-state index contributed by atoms with van der Waals surface area (Å²) in [6, 6.07) is 8.23. The molecule has 192 valence electrons. The topological polar surface area (TPSA) is 147 Å². The van der Waals surface area contributed by atoms with Gasteiger partial charge in [0.1, 0.15) is 47.4 Å². The Morgan fingerprint density at radius 1 is 1.22 bits per heavy atom. The summed E-state index contributed by atoms with van der Waals surface area (Å²) < 4.78 is 27.0. The molecule has 0 saturated heterocycles. The van der Waals surface area contributed by atoms with Gasteiger partial charge in [-0.1, -0.05) is 24.2 Å². The molecule has 2 aliphatic heterocycles. The van der Waals surface area contributed by atoms with E-state index in [9.17, 15) is 19.0 Å². The van der Waals surface area contributed by atoms with Crippen molar-refractivity contribution in [2.24, 2.45) is 10.7 Å². The first-order valence-electron chi connectivity index (χ1n) is 10.6. The molecule has 2 aromatic carbocycles. The maximum atomic E-state index is 13.5. The first-order valence-corrected chi connectivity index (χ1v) is 11.0. The van der Waals surface area contributed by atoms with Crippen molar-refractivity contribution in [2.45, 2.75) is 19.2 Å². The molecular weight excluding hydrogens is 496 g/mol. The van der Waals surface area contributed by atoms with Crippen LogP contribution in [-0.2, 0) is 0 Å². The molecule has 2 aliphatic rings. The molecule has 0 saturated carbocycles. The number of fused-ring (bicyclic) bond motifs is 1. The fourth-order valence-corrected chi connectivity index (χ4v) is 4.12. The van der Waals surface area contributed by atoms with Crippen LogP contribution in [0.2, 0.25) is 0 Å². The van der Waals surface area contributed by atoms with E-state index in [4.69, 9.17) is 27.5 Å². The first-order chi connectivity index (χ1) is 17.1. The highest BCUT2D eigenvalue weighted by Gasteiger charge is 2.37. The number of nitrogens with zero attached hydrogens (tertiary/aromatic N) is 2. The Hall–Kier alpha value is -3.48. The van der Waals surface area contributed by atoms with Crippen LogP contribution in [0.15, 0.2) is 70.7 Å². The monoisotopic (exact) mass is 521 g/mol. The number of aryl methyl sites for hydroxylation is 1. The van der Waals surface area contributed by atoms with Gasteiger partial charge < -0.3 is 41.7 Å². The van der Waals surface area contributed by atoms with Crippen molar-refractivity contribution < 1.29 is 29.2 Å². The minimum atomic E-state index is -1.32. The lowest BCUT2D eigenvalue weighted by atomic mass is 10.0. The Kier molecular flexibility index (Phi) is 8.66. The highest BCUT2D eigenvalue weighted by Crippen LogP contribution is 2.36. The van der Waals surface area contributed by atoms with Gasteiger partial charge >= 0.3 is 0 Å². The predicted octanol–water partition coefficient (Wildman–Crippen LogP) is 2.16. The summed E-state index contributed by atoms with van der Waals surface area (Å²) in [6.45, 7) is 4.71. The van der Waals surface area contributed by atoms with Gasteiger partial charge in [-0.2, -0.15) is 0 Å². The third-order valence-electron chi connectivity index (χ3n) is 5.39. The first kappa shape index (κ1) is 27.1. The number of hydrogen-bond donors (Lipinski definition) is 7. The fraction of sp³-hybridized carbons (Fsp3) is 0.208. The molecule has 9 nitrogen and oxygen atoms in total. The van der Waals surface area contributed by atoms with E-state index in [0.29, 0.717) is 22.2 Å². The van der Waals surface area contributed by atoms with Crippen molar-refractivity contribution in [1.29, 1.82) is 0 Å². The quantitative estimate of drug-likeness (QED) is 0.226. The van der Waals surface area contributed by atoms with Gasteiger partial charge in [0.15, 0.2) is 0 Å². The maximum Gasteiger partial charge on any atom is 0.149 e. The number of rotatable bonds is 6. The lowest BCUT2D eigenvalue weighted by Crippen LogP contribution is -2.41. The van der Waals surface area contributed by atoms with Gasteiger partial charge in [-0.3, -0.25) is 0 Å². The van der Waals surface area contributed by atoms with Gasteiger partial charge in [-0.15, -0.1) is 0 Å². The Morgan fingerprint density at radius 3 is 2.44 bits per heavy atom. The molecule has 0 aliphatic carbocycles. The molecule has 0 radical (unpaired) electrons. The van der Waals surface area contributed by atoms with Crippen LogP contribution in [0.25, 0.3) is 5.70 Å². The van der Waals surface area contributed by atoms with Crippen molar-refractivity contribution in [3.8, 4) is 0 Å². The van der Waals surface area contributed by atoms with E-state index >= 15 is 0 Å². The van der Waals surface area contributed by atoms with Crippen LogP contribution in [-0.4, -0.2) is 50.7 Å². The summed E-state index contributed by atoms with van der Waals surface area (Å²) in [5, 5.41) is 41.0. The molecule has 2 heterocycles. The summed E-state index contributed by atoms with van der Waals surface area (Å²) in [6.07, 6.45) is -0.385. The SMILES string of the molecule is C=C(Nc1ccc(C2=C3C(N)=NC=C(Cl)N3C(CO)N2)c(C)c1)C(O)c1cc(F)cc(F)c1.OCO. The average Bonchev–Trinajstić information content (AvgIpc) is 3.22. The number of aliphatic imine (C=N–C) groups is 1. The zero-order chi connectivity index (χ0) is 26.6. The Balaban J connectivity index is 0.00000115. The molecule has 0 bridgehead atoms. The van der Waals surface area contributed by atoms with Crippen molar-refractivity contribution in [2.75, 3.05) is 18.7 Å². The Labute approximate surface area is 211 Å². The third-order valence-corrected chi connectivity index (χ3v) is 5.67. The molecule has 36 heavy (non-hydrogen) atoms. The number of hydrogen-bond acceptors (Lipinski definition) is 9. The Morgan fingerprint density at radius 2 is 1.86 bits per heavy atom. The van der Waals surface area contributed by atoms with E-state index < -0.39 is 30.7 Å². The second kappa shape index (κ2) is 11.5. The van der Waals surface area contributed by atoms with Crippen molar-refractivity contribution in [3.05, 3.63) is 94.1 Å². The second-order valence-corrected chi connectivity index (χ2v) is 8.22. The molecule has 2 atom stereocenters. The van der Waals surface area contributed by atoms with E-state index in [2.05, 4.69) is 22.2 Å². The summed E-state index contributed by atoms with van der Waals surface area (Å²) in [5.41, 5.74) is 9.79. The molecule has 8 N–H and O–H groups in total. The third kappa shape index (κ3) is 5.66. The predicted molar refractivity (Wildman–Crippen MR) is 133 cm³/mol. The number of aliphatic hydroxyl groups excluding tert-OH is 3. The molecule has 12 heteroatoms. The highest BCUT2D eigenvalue weighted by molar-refractivity contribution is 6.30. The van der Waals surface area contributed by atoms with E-state index in [0.717, 1.165) is 29.3 Å². The lowest BCUT2D eigenvalue weighted by molar-refractivity contribution is 0.0773. The largest absolute Gasteiger partial charge is 0.392 e. The molecule has 4 rings (SSSR count). The van der Waals surface area contributed by atoms with E-state index in [1.165, 1.54) is 6.20 Å². The summed E-state index contributed by atoms with van der Waals surface area (Å²) in [4.78, 5) is 5.80. The van der Waals surface area contributed by atoms with Crippen LogP contribution in [0.4, 0.5) is 14.5 Å². The van der Waals surface area contributed by atoms with E-state index in [1.54, 1.807) is 11.0 Å². The maximum absolute atomic E-state index is 13.5. The molecule has 0 fully saturated rings. The molecule has 2 aromatic rings. The van der Waals surface area contributed by atoms with E-state index in [-0.39, 0.29) is 23.7 Å². The minimum Gasteiger partial charge on any atom is -0.392 e. The molecule has 0 aromatic heterocycles. The summed E-state index contributed by atoms with van der Waals surface area (Å²) >= 11 is 6.28. The second-order valence-electron chi connectivity index (χ2n) is 7.83. The van der Waals surface area contributed by atoms with Gasteiger partial charge in [0.05, 0.1) is 18.5 Å². The number of benzene rings is 2. The number of nitrogens with two attached hydrogens (primary N) is 1. The molecular formula is C24H26ClF2N5O4. The Bertz CT molecular complexity index is 1230. The van der Waals surface area contributed by atoms with Crippen molar-refractivity contribution >= 4 is 28.8 Å². The highest BCUT2D eigenvalue weighted by atomic mass is 35.5. The van der Waals surface area contributed by atoms with Crippen LogP contribution >= 0.6 is 11.6 Å². The van der Waals surface area contributed by atoms with Crippen LogP contribution in [0.5, 0.6) is 0 Å². The van der Waals surface area contributed by atoms with Gasteiger partial charge in [-0.05, 0) is 42.3 Å². The van der Waals surface area contributed by atoms with Crippen molar-refractivity contribution in [3.63, 3.8) is 0 Å². The zero-order valence-corrected chi connectivity index (χ0v) is 20.0. The molecule has 0 spiro atoms. The fourth-order valence-electron chi connectivity index (χ4n) is 3.87. The molecule has 2 unspecified atom stereocenters. The summed E-state index contributed by atoms with van der Waals surface area (Å²) in [7, 11) is 0. The van der Waals surface area contributed by atoms with Gasteiger partial charge in [-0.25, -0.2) is 13.8 Å². The standard InChI is InChI=1S/C23H22ClF2N5O2.CH4O2/c1-11-5-16(29-12(2)22(33)13-6-14(25)8-15(26)7-13)3-4-17(11)20-21-23(27)28-9-18(24)31(21)19(10-32)30-20;2-1-3/h3-9,19,22,29-30,32-33H,2,10H2,1H3,(H2,27,28);2-3H,1H2. The van der Waals surface area contributed by atoms with Crippen LogP contribution in [0.1, 0.15) is 22.8 Å². The van der Waals surface area contributed by atoms with Gasteiger partial charge in [0.2, 0.25) is 0 Å². The smallest absolute Gasteiger partial charge is 0.149 e. The van der Waals surface area contributed by atoms with Gasteiger partial charge in [0, 0.05) is 23.0 Å². The zero-order valence-electron chi connectivity index (χ0n) is 19.2. The van der Waals surface area contributed by atoms with Crippen molar-refractivity contribution in [1.82, 2.24) is 10.2 Å². The number of amidine groups is 1. The number of anilines is 1. The summed E-state index contributed by atoms with van der Waals surface area (Å²) in [5.74, 6) is -1.31. The van der Waals surface area contributed by atoms with E-state index in [1.807, 2.05) is 19.1 Å². The van der Waals surface area contributed by atoms with Crippen LogP contribution < -0.4 is 16.4 Å². The number of aliphatic hydroxyl groups is 4. The number of nitrogens with one attached hydrogen (secondary N) is 2. The average molecular weight is 522 g/mol. The molecule has 0 amide bonds.